The molecule has 0 aliphatic heterocycles. The Hall–Kier alpha value is -0.820. The first-order valence-corrected chi connectivity index (χ1v) is 7.09. The summed E-state index contributed by atoms with van der Waals surface area (Å²) in [6.45, 7) is 7.69. The van der Waals surface area contributed by atoms with E-state index in [1.54, 1.807) is 6.92 Å². The van der Waals surface area contributed by atoms with Gasteiger partial charge in [0.15, 0.2) is 0 Å². The van der Waals surface area contributed by atoms with Crippen LogP contribution in [0, 0.1) is 5.41 Å². The molecule has 0 saturated heterocycles. The largest absolute Gasteiger partial charge is 0.446 e. The second-order valence-electron chi connectivity index (χ2n) is 4.86. The summed E-state index contributed by atoms with van der Waals surface area (Å²) in [7, 11) is -1.96. The van der Waals surface area contributed by atoms with Gasteiger partial charge in [0, 0.05) is 6.54 Å². The molecule has 0 aromatic carbocycles. The standard InChI is InChI=1S/C10H22N2O4S/c1-8(10(2,3)4)16-9(13)12-6-7-17(14,15)11-5/h8,11H,6-7H2,1-5H3,(H,12,13)/t8-/m1/s1. The van der Waals surface area contributed by atoms with Gasteiger partial charge >= 0.3 is 6.09 Å². The third kappa shape index (κ3) is 7.17. The molecule has 0 radical (unpaired) electrons. The molecule has 0 bridgehead atoms. The van der Waals surface area contributed by atoms with Crippen molar-refractivity contribution in [3.05, 3.63) is 0 Å². The van der Waals surface area contributed by atoms with Gasteiger partial charge in [0.2, 0.25) is 10.0 Å². The van der Waals surface area contributed by atoms with Gasteiger partial charge in [-0.3, -0.25) is 0 Å². The molecule has 1 atom stereocenters. The van der Waals surface area contributed by atoms with Crippen LogP contribution < -0.4 is 10.0 Å². The maximum absolute atomic E-state index is 11.3. The van der Waals surface area contributed by atoms with Crippen LogP contribution in [0.1, 0.15) is 27.7 Å². The number of sulfonamides is 1. The van der Waals surface area contributed by atoms with Crippen molar-refractivity contribution in [1.29, 1.82) is 0 Å². The third-order valence-electron chi connectivity index (χ3n) is 2.45. The van der Waals surface area contributed by atoms with Crippen molar-refractivity contribution < 1.29 is 17.9 Å². The highest BCUT2D eigenvalue weighted by atomic mass is 32.2. The Morgan fingerprint density at radius 2 is 1.88 bits per heavy atom. The highest BCUT2D eigenvalue weighted by Crippen LogP contribution is 2.21. The fourth-order valence-corrected chi connectivity index (χ4v) is 1.34. The molecule has 0 aromatic rings. The van der Waals surface area contributed by atoms with Crippen LogP contribution in [0.2, 0.25) is 0 Å². The van der Waals surface area contributed by atoms with Crippen molar-refractivity contribution in [3.8, 4) is 0 Å². The predicted molar refractivity (Wildman–Crippen MR) is 66.2 cm³/mol. The van der Waals surface area contributed by atoms with Gasteiger partial charge in [0.1, 0.15) is 6.10 Å². The average molecular weight is 266 g/mol. The summed E-state index contributed by atoms with van der Waals surface area (Å²) in [4.78, 5) is 11.3. The summed E-state index contributed by atoms with van der Waals surface area (Å²) in [5.41, 5.74) is -0.144. The monoisotopic (exact) mass is 266 g/mol. The summed E-state index contributed by atoms with van der Waals surface area (Å²) < 4.78 is 29.4. The second kappa shape index (κ2) is 6.20. The van der Waals surface area contributed by atoms with E-state index in [-0.39, 0.29) is 23.8 Å². The molecule has 0 rings (SSSR count). The van der Waals surface area contributed by atoms with Crippen molar-refractivity contribution >= 4 is 16.1 Å². The number of rotatable bonds is 5. The van der Waals surface area contributed by atoms with Crippen LogP contribution in [0.3, 0.4) is 0 Å². The second-order valence-corrected chi connectivity index (χ2v) is 6.91. The Balaban J connectivity index is 3.98. The highest BCUT2D eigenvalue weighted by molar-refractivity contribution is 7.89. The summed E-state index contributed by atoms with van der Waals surface area (Å²) in [6, 6.07) is 0. The van der Waals surface area contributed by atoms with Crippen LogP contribution >= 0.6 is 0 Å². The molecule has 0 fully saturated rings. The van der Waals surface area contributed by atoms with Gasteiger partial charge in [-0.1, -0.05) is 20.8 Å². The number of hydrogen-bond acceptors (Lipinski definition) is 4. The third-order valence-corrected chi connectivity index (χ3v) is 3.82. The van der Waals surface area contributed by atoms with Crippen molar-refractivity contribution in [1.82, 2.24) is 10.0 Å². The van der Waals surface area contributed by atoms with Crippen LogP contribution in [0.4, 0.5) is 4.79 Å². The molecule has 17 heavy (non-hydrogen) atoms. The van der Waals surface area contributed by atoms with Crippen molar-refractivity contribution in [2.45, 2.75) is 33.8 Å². The molecule has 0 spiro atoms. The first-order valence-electron chi connectivity index (χ1n) is 5.44. The topological polar surface area (TPSA) is 84.5 Å². The van der Waals surface area contributed by atoms with Gasteiger partial charge in [-0.25, -0.2) is 17.9 Å². The fraction of sp³-hybridized carbons (Fsp3) is 0.900. The number of amides is 1. The molecule has 7 heteroatoms. The smallest absolute Gasteiger partial charge is 0.407 e. The van der Waals surface area contributed by atoms with Crippen molar-refractivity contribution in [2.75, 3.05) is 19.3 Å². The van der Waals surface area contributed by atoms with Gasteiger partial charge in [-0.15, -0.1) is 0 Å². The fourth-order valence-electron chi connectivity index (χ4n) is 0.769. The maximum atomic E-state index is 11.3. The van der Waals surface area contributed by atoms with Crippen LogP contribution in [0.15, 0.2) is 0 Å². The Kier molecular flexibility index (Phi) is 5.91. The summed E-state index contributed by atoms with van der Waals surface area (Å²) in [5, 5.41) is 2.40. The SMILES string of the molecule is CNS(=O)(=O)CCNC(=O)O[C@H](C)C(C)(C)C. The average Bonchev–Trinajstić information content (AvgIpc) is 2.15. The van der Waals surface area contributed by atoms with Crippen LogP contribution in [-0.4, -0.2) is 40.0 Å². The van der Waals surface area contributed by atoms with Gasteiger partial charge in [0.05, 0.1) is 5.75 Å². The minimum Gasteiger partial charge on any atom is -0.446 e. The van der Waals surface area contributed by atoms with Gasteiger partial charge in [-0.05, 0) is 19.4 Å². The van der Waals surface area contributed by atoms with Gasteiger partial charge in [0.25, 0.3) is 0 Å². The predicted octanol–water partition coefficient (Wildman–Crippen LogP) is 0.696. The van der Waals surface area contributed by atoms with Gasteiger partial charge < -0.3 is 10.1 Å². The van der Waals surface area contributed by atoms with Crippen LogP contribution in [0.5, 0.6) is 0 Å². The molecule has 102 valence electrons. The molecule has 0 heterocycles. The minimum atomic E-state index is -3.29. The molecule has 0 aromatic heterocycles. The zero-order valence-electron chi connectivity index (χ0n) is 11.0. The zero-order valence-corrected chi connectivity index (χ0v) is 11.8. The zero-order chi connectivity index (χ0) is 13.7. The van der Waals surface area contributed by atoms with Crippen LogP contribution in [-0.2, 0) is 14.8 Å². The number of ether oxygens (including phenoxy) is 1. The van der Waals surface area contributed by atoms with Crippen molar-refractivity contribution in [2.24, 2.45) is 5.41 Å². The normalized spacial score (nSPS) is 14.2. The molecule has 6 nitrogen and oxygen atoms in total. The lowest BCUT2D eigenvalue weighted by atomic mass is 9.90. The van der Waals surface area contributed by atoms with E-state index in [4.69, 9.17) is 4.74 Å². The lowest BCUT2D eigenvalue weighted by Gasteiger charge is -2.26. The van der Waals surface area contributed by atoms with E-state index in [0.29, 0.717) is 0 Å². The van der Waals surface area contributed by atoms with E-state index >= 15 is 0 Å². The maximum Gasteiger partial charge on any atom is 0.407 e. The molecule has 0 unspecified atom stereocenters. The summed E-state index contributed by atoms with van der Waals surface area (Å²) >= 11 is 0. The molecule has 0 aliphatic carbocycles. The van der Waals surface area contributed by atoms with E-state index < -0.39 is 16.1 Å². The lowest BCUT2D eigenvalue weighted by molar-refractivity contribution is 0.0441. The van der Waals surface area contributed by atoms with Crippen LogP contribution in [0.25, 0.3) is 0 Å². The van der Waals surface area contributed by atoms with E-state index in [1.807, 2.05) is 20.8 Å². The molecule has 1 amide bonds. The minimum absolute atomic E-state index is 0.0267. The van der Waals surface area contributed by atoms with E-state index in [0.717, 1.165) is 0 Å². The number of nitrogens with one attached hydrogen (secondary N) is 2. The Morgan fingerprint density at radius 3 is 2.29 bits per heavy atom. The highest BCUT2D eigenvalue weighted by Gasteiger charge is 2.23. The van der Waals surface area contributed by atoms with Crippen molar-refractivity contribution in [3.63, 3.8) is 0 Å². The Labute approximate surface area is 103 Å². The van der Waals surface area contributed by atoms with Gasteiger partial charge in [-0.2, -0.15) is 0 Å². The Bertz CT molecular complexity index is 346. The Morgan fingerprint density at radius 1 is 1.35 bits per heavy atom. The van der Waals surface area contributed by atoms with E-state index in [2.05, 4.69) is 10.0 Å². The molecule has 2 N–H and O–H groups in total. The quantitative estimate of drug-likeness (QED) is 0.767. The molecule has 0 saturated carbocycles. The van der Waals surface area contributed by atoms with E-state index in [9.17, 15) is 13.2 Å². The number of carbonyl (C=O) groups excluding carboxylic acids is 1. The summed E-state index contributed by atoms with van der Waals surface area (Å²) in [5.74, 6) is -0.164. The van der Waals surface area contributed by atoms with E-state index in [1.165, 1.54) is 7.05 Å². The number of carbonyl (C=O) groups is 1. The molecule has 0 aliphatic rings. The lowest BCUT2D eigenvalue weighted by Crippen LogP contribution is -2.37. The number of hydrogen-bond donors (Lipinski definition) is 2. The summed E-state index contributed by atoms with van der Waals surface area (Å²) in [6.07, 6.45) is -0.845. The first-order chi connectivity index (χ1) is 7.58. The first kappa shape index (κ1) is 16.2. The molecular formula is C10H22N2O4S. The number of alkyl carbamates (subject to hydrolysis) is 1. The molecular weight excluding hydrogens is 244 g/mol.